The molecule has 0 unspecified atom stereocenters. The van der Waals surface area contributed by atoms with Gasteiger partial charge in [0.15, 0.2) is 0 Å². The number of ether oxygens (including phenoxy) is 1. The van der Waals surface area contributed by atoms with Crippen LogP contribution in [-0.4, -0.2) is 17.7 Å². The highest BCUT2D eigenvalue weighted by Gasteiger charge is 2.16. The Bertz CT molecular complexity index is 584. The minimum atomic E-state index is -0.411. The van der Waals surface area contributed by atoms with Gasteiger partial charge in [-0.15, -0.1) is 0 Å². The van der Waals surface area contributed by atoms with Gasteiger partial charge in [0.05, 0.1) is 5.69 Å². The van der Waals surface area contributed by atoms with Crippen molar-refractivity contribution in [1.29, 1.82) is 0 Å². The number of hydrogen-bond donors (Lipinski definition) is 1. The van der Waals surface area contributed by atoms with E-state index in [0.29, 0.717) is 12.2 Å². The van der Waals surface area contributed by atoms with Crippen molar-refractivity contribution < 1.29 is 14.6 Å². The molecule has 4 nitrogen and oxygen atoms in total. The number of amides is 1. The molecule has 0 spiro atoms. The van der Waals surface area contributed by atoms with E-state index in [0.717, 1.165) is 12.0 Å². The first-order chi connectivity index (χ1) is 10.2. The normalized spacial score (nSPS) is 10.1. The highest BCUT2D eigenvalue weighted by Crippen LogP contribution is 2.21. The number of carbonyl (C=O) groups is 1. The number of phenols is 1. The van der Waals surface area contributed by atoms with Gasteiger partial charge in [0, 0.05) is 12.6 Å². The zero-order chi connectivity index (χ0) is 15.1. The molecule has 0 atom stereocenters. The molecule has 2 aromatic carbocycles. The summed E-state index contributed by atoms with van der Waals surface area (Å²) in [5.41, 5.74) is 1.58. The van der Waals surface area contributed by atoms with Gasteiger partial charge in [-0.25, -0.2) is 4.79 Å². The van der Waals surface area contributed by atoms with Crippen LogP contribution >= 0.6 is 0 Å². The van der Waals surface area contributed by atoms with Crippen LogP contribution in [0.15, 0.2) is 54.6 Å². The van der Waals surface area contributed by atoms with Gasteiger partial charge in [-0.1, -0.05) is 43.3 Å². The third-order valence-electron chi connectivity index (χ3n) is 3.01. The molecule has 21 heavy (non-hydrogen) atoms. The Morgan fingerprint density at radius 2 is 1.90 bits per heavy atom. The van der Waals surface area contributed by atoms with Crippen molar-refractivity contribution in [2.24, 2.45) is 0 Å². The molecule has 0 aliphatic rings. The molecule has 0 aliphatic carbocycles. The molecule has 0 radical (unpaired) electrons. The molecule has 2 rings (SSSR count). The predicted octanol–water partition coefficient (Wildman–Crippen LogP) is 3.95. The van der Waals surface area contributed by atoms with Crippen molar-refractivity contribution in [2.75, 3.05) is 11.4 Å². The molecule has 4 heteroatoms. The maximum atomic E-state index is 12.2. The number of phenolic OH excluding ortho intramolecular Hbond substituents is 1. The molecular weight excluding hydrogens is 266 g/mol. The van der Waals surface area contributed by atoms with Crippen LogP contribution in [0.5, 0.6) is 5.75 Å². The standard InChI is InChI=1S/C17H19NO3/c1-2-11-18(15-9-6-10-16(19)12-15)17(20)21-13-14-7-4-3-5-8-14/h3-10,12,19H,2,11,13H2,1H3. The van der Waals surface area contributed by atoms with E-state index in [4.69, 9.17) is 4.74 Å². The van der Waals surface area contributed by atoms with E-state index in [1.54, 1.807) is 24.3 Å². The minimum absolute atomic E-state index is 0.129. The van der Waals surface area contributed by atoms with Crippen LogP contribution in [0.1, 0.15) is 18.9 Å². The van der Waals surface area contributed by atoms with E-state index in [1.165, 1.54) is 4.90 Å². The van der Waals surface area contributed by atoms with E-state index in [-0.39, 0.29) is 12.4 Å². The van der Waals surface area contributed by atoms with E-state index in [2.05, 4.69) is 0 Å². The van der Waals surface area contributed by atoms with Crippen LogP contribution in [0.4, 0.5) is 10.5 Å². The molecule has 0 bridgehead atoms. The maximum Gasteiger partial charge on any atom is 0.414 e. The lowest BCUT2D eigenvalue weighted by Crippen LogP contribution is -2.32. The minimum Gasteiger partial charge on any atom is -0.508 e. The van der Waals surface area contributed by atoms with E-state index in [9.17, 15) is 9.90 Å². The molecule has 110 valence electrons. The van der Waals surface area contributed by atoms with Crippen molar-refractivity contribution in [3.05, 3.63) is 60.2 Å². The molecule has 1 amide bonds. The van der Waals surface area contributed by atoms with Crippen LogP contribution in [0, 0.1) is 0 Å². The molecular formula is C17H19NO3. The highest BCUT2D eigenvalue weighted by atomic mass is 16.6. The van der Waals surface area contributed by atoms with Gasteiger partial charge in [0.25, 0.3) is 0 Å². The second-order valence-electron chi connectivity index (χ2n) is 4.71. The van der Waals surface area contributed by atoms with Gasteiger partial charge in [-0.2, -0.15) is 0 Å². The topological polar surface area (TPSA) is 49.8 Å². The molecule has 0 aromatic heterocycles. The predicted molar refractivity (Wildman–Crippen MR) is 82.4 cm³/mol. The third kappa shape index (κ3) is 4.24. The number of hydrogen-bond acceptors (Lipinski definition) is 3. The van der Waals surface area contributed by atoms with E-state index in [1.807, 2.05) is 37.3 Å². The van der Waals surface area contributed by atoms with Crippen LogP contribution in [-0.2, 0) is 11.3 Å². The summed E-state index contributed by atoms with van der Waals surface area (Å²) >= 11 is 0. The highest BCUT2D eigenvalue weighted by molar-refractivity contribution is 5.87. The number of carbonyl (C=O) groups excluding carboxylic acids is 1. The van der Waals surface area contributed by atoms with E-state index >= 15 is 0 Å². The summed E-state index contributed by atoms with van der Waals surface area (Å²) in [6.45, 7) is 2.76. The van der Waals surface area contributed by atoms with Crippen molar-refractivity contribution in [3.8, 4) is 5.75 Å². The summed E-state index contributed by atoms with van der Waals surface area (Å²) in [5.74, 6) is 0.129. The van der Waals surface area contributed by atoms with Crippen molar-refractivity contribution >= 4 is 11.8 Å². The lowest BCUT2D eigenvalue weighted by Gasteiger charge is -2.21. The zero-order valence-electron chi connectivity index (χ0n) is 12.0. The lowest BCUT2D eigenvalue weighted by molar-refractivity contribution is 0.147. The third-order valence-corrected chi connectivity index (χ3v) is 3.01. The van der Waals surface area contributed by atoms with Crippen LogP contribution in [0.3, 0.4) is 0 Å². The van der Waals surface area contributed by atoms with Gasteiger partial charge in [0.1, 0.15) is 12.4 Å². The van der Waals surface area contributed by atoms with Crippen molar-refractivity contribution in [1.82, 2.24) is 0 Å². The fourth-order valence-corrected chi connectivity index (χ4v) is 2.01. The Kier molecular flexibility index (Phi) is 5.21. The molecule has 0 saturated carbocycles. The van der Waals surface area contributed by atoms with Gasteiger partial charge >= 0.3 is 6.09 Å². The summed E-state index contributed by atoms with van der Waals surface area (Å²) in [7, 11) is 0. The average molecular weight is 285 g/mol. The Labute approximate surface area is 124 Å². The second kappa shape index (κ2) is 7.33. The molecule has 0 saturated heterocycles. The van der Waals surface area contributed by atoms with E-state index < -0.39 is 6.09 Å². The van der Waals surface area contributed by atoms with Gasteiger partial charge in [0.2, 0.25) is 0 Å². The Hall–Kier alpha value is -2.49. The van der Waals surface area contributed by atoms with Crippen LogP contribution in [0.25, 0.3) is 0 Å². The first kappa shape index (κ1) is 14.9. The zero-order valence-corrected chi connectivity index (χ0v) is 12.0. The number of aromatic hydroxyl groups is 1. The summed E-state index contributed by atoms with van der Waals surface area (Å²) in [6.07, 6.45) is 0.391. The molecule has 1 N–H and O–H groups in total. The van der Waals surface area contributed by atoms with Gasteiger partial charge < -0.3 is 9.84 Å². The Morgan fingerprint density at radius 1 is 1.14 bits per heavy atom. The molecule has 2 aromatic rings. The largest absolute Gasteiger partial charge is 0.508 e. The van der Waals surface area contributed by atoms with Crippen LogP contribution < -0.4 is 4.90 Å². The summed E-state index contributed by atoms with van der Waals surface area (Å²) in [4.78, 5) is 13.8. The maximum absolute atomic E-state index is 12.2. The van der Waals surface area contributed by atoms with Crippen LogP contribution in [0.2, 0.25) is 0 Å². The van der Waals surface area contributed by atoms with Crippen molar-refractivity contribution in [3.63, 3.8) is 0 Å². The second-order valence-corrected chi connectivity index (χ2v) is 4.71. The fraction of sp³-hybridized carbons (Fsp3) is 0.235. The van der Waals surface area contributed by atoms with Gasteiger partial charge in [-0.05, 0) is 24.1 Å². The molecule has 0 fully saturated rings. The molecule has 0 heterocycles. The summed E-state index contributed by atoms with van der Waals surface area (Å²) in [6, 6.07) is 16.2. The smallest absolute Gasteiger partial charge is 0.414 e. The fourth-order valence-electron chi connectivity index (χ4n) is 2.01. The number of nitrogens with zero attached hydrogens (tertiary/aromatic N) is 1. The van der Waals surface area contributed by atoms with Crippen molar-refractivity contribution in [2.45, 2.75) is 20.0 Å². The monoisotopic (exact) mass is 285 g/mol. The first-order valence-electron chi connectivity index (χ1n) is 6.98. The summed E-state index contributed by atoms with van der Waals surface area (Å²) < 4.78 is 5.34. The molecule has 0 aliphatic heterocycles. The first-order valence-corrected chi connectivity index (χ1v) is 6.98. The number of benzene rings is 2. The van der Waals surface area contributed by atoms with Gasteiger partial charge in [-0.3, -0.25) is 4.90 Å². The average Bonchev–Trinajstić information content (AvgIpc) is 2.51. The quantitative estimate of drug-likeness (QED) is 0.905. The SMILES string of the molecule is CCCN(C(=O)OCc1ccccc1)c1cccc(O)c1. The Morgan fingerprint density at radius 3 is 2.57 bits per heavy atom. The number of anilines is 1. The number of rotatable bonds is 5. The summed E-state index contributed by atoms with van der Waals surface area (Å²) in [5, 5.41) is 9.54. The Balaban J connectivity index is 2.05. The lowest BCUT2D eigenvalue weighted by atomic mass is 10.2.